The summed E-state index contributed by atoms with van der Waals surface area (Å²) in [6.07, 6.45) is 1.27. The molecular formula is C10H13N7O. The standard InChI is InChI=1S/C10H13N7O/c11-8-5-3-4-18-10(5)9(8)12-6-1-2-7-13-15-16-17(7)14-6/h1-2,5,8-10H,3-4,11H2,(H,12,14). The van der Waals surface area contributed by atoms with Gasteiger partial charge in [0.2, 0.25) is 0 Å². The van der Waals surface area contributed by atoms with E-state index in [1.165, 1.54) is 4.63 Å². The maximum atomic E-state index is 6.13. The number of anilines is 1. The van der Waals surface area contributed by atoms with Crippen molar-refractivity contribution in [3.8, 4) is 0 Å². The normalized spacial score (nSPS) is 34.3. The second-order valence-electron chi connectivity index (χ2n) is 4.78. The number of hydrogen-bond donors (Lipinski definition) is 2. The van der Waals surface area contributed by atoms with Crippen LogP contribution in [0.1, 0.15) is 6.42 Å². The first kappa shape index (κ1) is 10.2. The van der Waals surface area contributed by atoms with Crippen LogP contribution < -0.4 is 11.1 Å². The summed E-state index contributed by atoms with van der Waals surface area (Å²) < 4.78 is 7.05. The van der Waals surface area contributed by atoms with E-state index < -0.39 is 0 Å². The molecule has 2 aromatic heterocycles. The van der Waals surface area contributed by atoms with Crippen LogP contribution >= 0.6 is 0 Å². The number of nitrogens with two attached hydrogens (primary N) is 1. The molecule has 4 unspecified atom stereocenters. The van der Waals surface area contributed by atoms with Crippen molar-refractivity contribution in [3.05, 3.63) is 12.1 Å². The minimum absolute atomic E-state index is 0.124. The van der Waals surface area contributed by atoms with Crippen molar-refractivity contribution in [2.24, 2.45) is 11.7 Å². The number of tetrazole rings is 1. The van der Waals surface area contributed by atoms with E-state index in [-0.39, 0.29) is 18.2 Å². The third-order valence-corrected chi connectivity index (χ3v) is 3.83. The average Bonchev–Trinajstić information content (AvgIpc) is 3.02. The van der Waals surface area contributed by atoms with E-state index in [2.05, 4.69) is 25.9 Å². The van der Waals surface area contributed by atoms with E-state index in [9.17, 15) is 0 Å². The van der Waals surface area contributed by atoms with E-state index in [0.717, 1.165) is 13.0 Å². The molecule has 18 heavy (non-hydrogen) atoms. The fraction of sp³-hybridized carbons (Fsp3) is 0.600. The van der Waals surface area contributed by atoms with Crippen molar-refractivity contribution in [3.63, 3.8) is 0 Å². The first-order chi connectivity index (χ1) is 8.83. The summed E-state index contributed by atoms with van der Waals surface area (Å²) in [5, 5.41) is 18.7. The molecular weight excluding hydrogens is 234 g/mol. The Hall–Kier alpha value is -1.80. The first-order valence-corrected chi connectivity index (χ1v) is 6.02. The van der Waals surface area contributed by atoms with Crippen molar-refractivity contribution in [1.82, 2.24) is 25.3 Å². The predicted molar refractivity (Wildman–Crippen MR) is 61.8 cm³/mol. The van der Waals surface area contributed by atoms with Gasteiger partial charge in [0.1, 0.15) is 5.82 Å². The highest BCUT2D eigenvalue weighted by molar-refractivity contribution is 5.44. The molecule has 8 heteroatoms. The topological polar surface area (TPSA) is 103 Å². The minimum atomic E-state index is 0.124. The highest BCUT2D eigenvalue weighted by Gasteiger charge is 2.52. The maximum absolute atomic E-state index is 6.13. The zero-order chi connectivity index (χ0) is 12.1. The number of aromatic nitrogens is 5. The van der Waals surface area contributed by atoms with Gasteiger partial charge in [-0.2, -0.15) is 0 Å². The summed E-state index contributed by atoms with van der Waals surface area (Å²) in [5.41, 5.74) is 6.75. The predicted octanol–water partition coefficient (Wildman–Crippen LogP) is -0.954. The summed E-state index contributed by atoms with van der Waals surface area (Å²) >= 11 is 0. The van der Waals surface area contributed by atoms with E-state index in [4.69, 9.17) is 10.5 Å². The second kappa shape index (κ2) is 3.59. The van der Waals surface area contributed by atoms with E-state index in [1.54, 1.807) is 0 Å². The Morgan fingerprint density at radius 2 is 2.39 bits per heavy atom. The van der Waals surface area contributed by atoms with Gasteiger partial charge in [-0.1, -0.05) is 0 Å². The Kier molecular flexibility index (Phi) is 2.03. The fourth-order valence-electron chi connectivity index (χ4n) is 2.83. The van der Waals surface area contributed by atoms with Gasteiger partial charge in [-0.3, -0.25) is 0 Å². The molecule has 4 atom stereocenters. The molecule has 2 aromatic rings. The van der Waals surface area contributed by atoms with Gasteiger partial charge in [-0.15, -0.1) is 14.8 Å². The van der Waals surface area contributed by atoms with Crippen LogP contribution in [0.15, 0.2) is 12.1 Å². The van der Waals surface area contributed by atoms with Crippen molar-refractivity contribution >= 4 is 11.5 Å². The zero-order valence-electron chi connectivity index (χ0n) is 9.60. The van der Waals surface area contributed by atoms with Gasteiger partial charge < -0.3 is 15.8 Å². The maximum Gasteiger partial charge on any atom is 0.200 e. The lowest BCUT2D eigenvalue weighted by Gasteiger charge is -2.45. The number of nitrogens with zero attached hydrogens (tertiary/aromatic N) is 5. The number of nitrogens with one attached hydrogen (secondary N) is 1. The van der Waals surface area contributed by atoms with Crippen LogP contribution in [0.5, 0.6) is 0 Å². The van der Waals surface area contributed by atoms with Crippen molar-refractivity contribution < 1.29 is 4.74 Å². The van der Waals surface area contributed by atoms with Crippen LogP contribution in [0.25, 0.3) is 5.65 Å². The number of rotatable bonds is 2. The molecule has 0 bridgehead atoms. The van der Waals surface area contributed by atoms with Gasteiger partial charge in [0.15, 0.2) is 5.65 Å². The molecule has 1 saturated carbocycles. The van der Waals surface area contributed by atoms with Gasteiger partial charge in [-0.05, 0) is 29.0 Å². The summed E-state index contributed by atoms with van der Waals surface area (Å²) in [6, 6.07) is 3.91. The number of hydrogen-bond acceptors (Lipinski definition) is 7. The van der Waals surface area contributed by atoms with Crippen LogP contribution in [0.4, 0.5) is 5.82 Å². The monoisotopic (exact) mass is 247 g/mol. The molecule has 0 amide bonds. The van der Waals surface area contributed by atoms with Gasteiger partial charge in [0, 0.05) is 18.6 Å². The van der Waals surface area contributed by atoms with E-state index in [1.807, 2.05) is 12.1 Å². The minimum Gasteiger partial charge on any atom is -0.376 e. The van der Waals surface area contributed by atoms with Crippen molar-refractivity contribution in [1.29, 1.82) is 0 Å². The summed E-state index contributed by atoms with van der Waals surface area (Å²) in [7, 11) is 0. The Labute approximate surface area is 102 Å². The number of ether oxygens (including phenoxy) is 1. The fourth-order valence-corrected chi connectivity index (χ4v) is 2.83. The molecule has 3 heterocycles. The van der Waals surface area contributed by atoms with Gasteiger partial charge in [0.05, 0.1) is 12.1 Å². The van der Waals surface area contributed by atoms with Gasteiger partial charge in [0.25, 0.3) is 0 Å². The molecule has 2 aliphatic rings. The van der Waals surface area contributed by atoms with Crippen LogP contribution in [-0.4, -0.2) is 50.0 Å². The Balaban J connectivity index is 1.57. The molecule has 3 N–H and O–H groups in total. The van der Waals surface area contributed by atoms with E-state index in [0.29, 0.717) is 17.4 Å². The first-order valence-electron chi connectivity index (χ1n) is 6.02. The third-order valence-electron chi connectivity index (χ3n) is 3.83. The van der Waals surface area contributed by atoms with Crippen molar-refractivity contribution in [2.75, 3.05) is 11.9 Å². The summed E-state index contributed by atoms with van der Waals surface area (Å²) in [5.74, 6) is 1.20. The molecule has 4 rings (SSSR count). The highest BCUT2D eigenvalue weighted by Crippen LogP contribution is 2.39. The molecule has 1 aliphatic carbocycles. The average molecular weight is 247 g/mol. The quantitative estimate of drug-likeness (QED) is 0.704. The molecule has 0 radical (unpaired) electrons. The molecule has 1 aliphatic heterocycles. The lowest BCUT2D eigenvalue weighted by atomic mass is 9.72. The van der Waals surface area contributed by atoms with Crippen LogP contribution in [-0.2, 0) is 4.74 Å². The Morgan fingerprint density at radius 3 is 3.33 bits per heavy atom. The summed E-state index contributed by atoms with van der Waals surface area (Å²) in [4.78, 5) is 0. The summed E-state index contributed by atoms with van der Waals surface area (Å²) in [6.45, 7) is 0.806. The largest absolute Gasteiger partial charge is 0.376 e. The lowest BCUT2D eigenvalue weighted by molar-refractivity contribution is 0.00520. The SMILES string of the molecule is NC1C2CCOC2C1Nc1ccc2nnnn2n1. The lowest BCUT2D eigenvalue weighted by Crippen LogP contribution is -2.65. The molecule has 0 spiro atoms. The highest BCUT2D eigenvalue weighted by atomic mass is 16.5. The second-order valence-corrected chi connectivity index (χ2v) is 4.78. The van der Waals surface area contributed by atoms with Crippen molar-refractivity contribution in [2.45, 2.75) is 24.6 Å². The van der Waals surface area contributed by atoms with E-state index >= 15 is 0 Å². The van der Waals surface area contributed by atoms with Gasteiger partial charge in [-0.25, -0.2) is 0 Å². The Morgan fingerprint density at radius 1 is 1.44 bits per heavy atom. The molecule has 2 fully saturated rings. The smallest absolute Gasteiger partial charge is 0.200 e. The van der Waals surface area contributed by atoms with Crippen LogP contribution in [0.2, 0.25) is 0 Å². The molecule has 1 saturated heterocycles. The molecule has 94 valence electrons. The van der Waals surface area contributed by atoms with Crippen LogP contribution in [0, 0.1) is 5.92 Å². The third kappa shape index (κ3) is 1.33. The van der Waals surface area contributed by atoms with Gasteiger partial charge >= 0.3 is 0 Å². The van der Waals surface area contributed by atoms with Crippen LogP contribution in [0.3, 0.4) is 0 Å². The Bertz CT molecular complexity index is 584. The number of fused-ring (bicyclic) bond motifs is 2. The zero-order valence-corrected chi connectivity index (χ0v) is 9.60. The molecule has 8 nitrogen and oxygen atoms in total. The molecule has 0 aromatic carbocycles.